The van der Waals surface area contributed by atoms with Gasteiger partial charge in [-0.15, -0.1) is 0 Å². The fourth-order valence-electron chi connectivity index (χ4n) is 1.97. The van der Waals surface area contributed by atoms with Crippen LogP contribution in [0.1, 0.15) is 0 Å². The summed E-state index contributed by atoms with van der Waals surface area (Å²) in [5.74, 6) is 0.905. The van der Waals surface area contributed by atoms with Gasteiger partial charge in [0.15, 0.2) is 5.16 Å². The van der Waals surface area contributed by atoms with Crippen LogP contribution in [0, 0.1) is 0 Å². The van der Waals surface area contributed by atoms with E-state index in [1.165, 1.54) is 0 Å². The van der Waals surface area contributed by atoms with Crippen LogP contribution >= 0.6 is 11.8 Å². The van der Waals surface area contributed by atoms with Crippen LogP contribution in [-0.4, -0.2) is 41.5 Å². The normalized spacial score (nSPS) is 20.3. The number of aromatic amines is 1. The van der Waals surface area contributed by atoms with Crippen molar-refractivity contribution >= 4 is 28.5 Å². The van der Waals surface area contributed by atoms with Gasteiger partial charge >= 0.3 is 0 Å². The van der Waals surface area contributed by atoms with Gasteiger partial charge in [-0.2, -0.15) is 0 Å². The minimum absolute atomic E-state index is 0.266. The highest BCUT2D eigenvalue weighted by Gasteiger charge is 2.14. The van der Waals surface area contributed by atoms with Gasteiger partial charge in [0.05, 0.1) is 23.7 Å². The first kappa shape index (κ1) is 11.8. The van der Waals surface area contributed by atoms with E-state index in [4.69, 9.17) is 10.5 Å². The summed E-state index contributed by atoms with van der Waals surface area (Å²) in [7, 11) is 0. The standard InChI is InChI=1S/C12H16N4OS/c13-8-1-2-10-11(5-8)16-12(15-10)18-7-9-6-14-3-4-17-9/h1-2,5,9,14H,3-4,6-7,13H2,(H,15,16). The highest BCUT2D eigenvalue weighted by atomic mass is 32.2. The molecule has 5 nitrogen and oxygen atoms in total. The first-order chi connectivity index (χ1) is 8.81. The Labute approximate surface area is 109 Å². The third-order valence-electron chi connectivity index (χ3n) is 2.89. The van der Waals surface area contributed by atoms with E-state index in [-0.39, 0.29) is 6.10 Å². The Morgan fingerprint density at radius 1 is 1.50 bits per heavy atom. The lowest BCUT2D eigenvalue weighted by molar-refractivity contribution is 0.0440. The van der Waals surface area contributed by atoms with Crippen molar-refractivity contribution in [2.75, 3.05) is 31.2 Å². The molecule has 0 amide bonds. The number of hydrogen-bond donors (Lipinski definition) is 3. The molecule has 1 atom stereocenters. The second-order valence-electron chi connectivity index (χ2n) is 4.33. The van der Waals surface area contributed by atoms with Crippen molar-refractivity contribution in [3.05, 3.63) is 18.2 Å². The quantitative estimate of drug-likeness (QED) is 0.574. The summed E-state index contributed by atoms with van der Waals surface area (Å²) in [6.45, 7) is 2.66. The van der Waals surface area contributed by atoms with E-state index in [0.717, 1.165) is 47.3 Å². The lowest BCUT2D eigenvalue weighted by Crippen LogP contribution is -2.39. The molecule has 1 aromatic carbocycles. The number of nitrogen functional groups attached to an aromatic ring is 1. The predicted octanol–water partition coefficient (Wildman–Crippen LogP) is 1.23. The lowest BCUT2D eigenvalue weighted by Gasteiger charge is -2.22. The third-order valence-corrected chi connectivity index (χ3v) is 3.90. The first-order valence-electron chi connectivity index (χ1n) is 6.01. The van der Waals surface area contributed by atoms with Crippen molar-refractivity contribution < 1.29 is 4.74 Å². The van der Waals surface area contributed by atoms with Crippen molar-refractivity contribution in [3.63, 3.8) is 0 Å². The van der Waals surface area contributed by atoms with Gasteiger partial charge < -0.3 is 20.8 Å². The SMILES string of the molecule is Nc1ccc2nc(SCC3CNCCO3)[nH]c2c1. The Bertz CT molecular complexity index is 536. The molecule has 1 aliphatic heterocycles. The summed E-state index contributed by atoms with van der Waals surface area (Å²) < 4.78 is 5.65. The molecule has 1 aliphatic rings. The van der Waals surface area contributed by atoms with Gasteiger partial charge in [-0.25, -0.2) is 4.98 Å². The van der Waals surface area contributed by atoms with E-state index in [0.29, 0.717) is 0 Å². The van der Waals surface area contributed by atoms with Crippen molar-refractivity contribution in [2.24, 2.45) is 0 Å². The molecule has 0 spiro atoms. The molecule has 0 saturated carbocycles. The van der Waals surface area contributed by atoms with Gasteiger partial charge in [0.25, 0.3) is 0 Å². The second-order valence-corrected chi connectivity index (χ2v) is 5.34. The fraction of sp³-hybridized carbons (Fsp3) is 0.417. The van der Waals surface area contributed by atoms with Gasteiger partial charge in [0.1, 0.15) is 0 Å². The summed E-state index contributed by atoms with van der Waals surface area (Å²) >= 11 is 1.69. The summed E-state index contributed by atoms with van der Waals surface area (Å²) in [6.07, 6.45) is 0.266. The molecule has 4 N–H and O–H groups in total. The van der Waals surface area contributed by atoms with E-state index < -0.39 is 0 Å². The van der Waals surface area contributed by atoms with E-state index in [1.54, 1.807) is 11.8 Å². The summed E-state index contributed by atoms with van der Waals surface area (Å²) in [5, 5.41) is 4.24. The van der Waals surface area contributed by atoms with Crippen LogP contribution in [0.4, 0.5) is 5.69 Å². The Morgan fingerprint density at radius 3 is 3.28 bits per heavy atom. The third kappa shape index (κ3) is 2.60. The zero-order chi connectivity index (χ0) is 12.4. The molecule has 1 unspecified atom stereocenters. The number of anilines is 1. The molecule has 3 rings (SSSR count). The van der Waals surface area contributed by atoms with Crippen LogP contribution in [0.2, 0.25) is 0 Å². The molecule has 96 valence electrons. The largest absolute Gasteiger partial charge is 0.399 e. The van der Waals surface area contributed by atoms with E-state index in [2.05, 4.69) is 15.3 Å². The zero-order valence-corrected chi connectivity index (χ0v) is 10.8. The number of nitrogens with zero attached hydrogens (tertiary/aromatic N) is 1. The van der Waals surface area contributed by atoms with Crippen molar-refractivity contribution in [2.45, 2.75) is 11.3 Å². The molecule has 2 aromatic rings. The van der Waals surface area contributed by atoms with Crippen LogP contribution in [0.3, 0.4) is 0 Å². The lowest BCUT2D eigenvalue weighted by atomic mass is 10.3. The molecule has 0 bridgehead atoms. The molecule has 0 aliphatic carbocycles. The van der Waals surface area contributed by atoms with Crippen LogP contribution in [0.15, 0.2) is 23.4 Å². The Hall–Kier alpha value is -1.24. The zero-order valence-electron chi connectivity index (χ0n) is 9.98. The highest BCUT2D eigenvalue weighted by Crippen LogP contribution is 2.22. The van der Waals surface area contributed by atoms with Crippen LogP contribution in [0.5, 0.6) is 0 Å². The number of rotatable bonds is 3. The van der Waals surface area contributed by atoms with E-state index >= 15 is 0 Å². The Kier molecular flexibility index (Phi) is 3.40. The maximum Gasteiger partial charge on any atom is 0.166 e. The number of fused-ring (bicyclic) bond motifs is 1. The Morgan fingerprint density at radius 2 is 2.44 bits per heavy atom. The van der Waals surface area contributed by atoms with Gasteiger partial charge in [0, 0.05) is 24.5 Å². The molecular weight excluding hydrogens is 248 g/mol. The minimum Gasteiger partial charge on any atom is -0.399 e. The van der Waals surface area contributed by atoms with E-state index in [1.807, 2.05) is 18.2 Å². The number of aromatic nitrogens is 2. The summed E-state index contributed by atoms with van der Waals surface area (Å²) in [5.41, 5.74) is 8.43. The number of thioether (sulfide) groups is 1. The van der Waals surface area contributed by atoms with Crippen molar-refractivity contribution in [1.29, 1.82) is 0 Å². The smallest absolute Gasteiger partial charge is 0.166 e. The van der Waals surface area contributed by atoms with Crippen LogP contribution in [0.25, 0.3) is 11.0 Å². The average Bonchev–Trinajstić information content (AvgIpc) is 2.79. The summed E-state index contributed by atoms with van der Waals surface area (Å²) in [4.78, 5) is 7.79. The number of nitrogens with two attached hydrogens (primary N) is 1. The van der Waals surface area contributed by atoms with Crippen molar-refractivity contribution in [1.82, 2.24) is 15.3 Å². The number of benzene rings is 1. The van der Waals surface area contributed by atoms with Gasteiger partial charge in [-0.1, -0.05) is 11.8 Å². The number of hydrogen-bond acceptors (Lipinski definition) is 5. The molecular formula is C12H16N4OS. The second kappa shape index (κ2) is 5.17. The molecule has 2 heterocycles. The Balaban J connectivity index is 1.67. The topological polar surface area (TPSA) is 76.0 Å². The molecule has 6 heteroatoms. The van der Waals surface area contributed by atoms with E-state index in [9.17, 15) is 0 Å². The summed E-state index contributed by atoms with van der Waals surface area (Å²) in [6, 6.07) is 5.71. The number of ether oxygens (including phenoxy) is 1. The predicted molar refractivity (Wildman–Crippen MR) is 73.8 cm³/mol. The number of morpholine rings is 1. The molecule has 1 aromatic heterocycles. The molecule has 18 heavy (non-hydrogen) atoms. The van der Waals surface area contributed by atoms with Gasteiger partial charge in [-0.3, -0.25) is 0 Å². The number of H-pyrrole nitrogens is 1. The number of imidazole rings is 1. The van der Waals surface area contributed by atoms with Crippen LogP contribution < -0.4 is 11.1 Å². The maximum absolute atomic E-state index is 5.74. The molecule has 1 saturated heterocycles. The molecule has 1 fully saturated rings. The van der Waals surface area contributed by atoms with Gasteiger partial charge in [-0.05, 0) is 18.2 Å². The molecule has 0 radical (unpaired) electrons. The van der Waals surface area contributed by atoms with Crippen molar-refractivity contribution in [3.8, 4) is 0 Å². The monoisotopic (exact) mass is 264 g/mol. The average molecular weight is 264 g/mol. The van der Waals surface area contributed by atoms with Gasteiger partial charge in [0.2, 0.25) is 0 Å². The highest BCUT2D eigenvalue weighted by molar-refractivity contribution is 7.99. The maximum atomic E-state index is 5.74. The first-order valence-corrected chi connectivity index (χ1v) is 7.00. The van der Waals surface area contributed by atoms with Crippen LogP contribution in [-0.2, 0) is 4.74 Å². The fourth-order valence-corrected chi connectivity index (χ4v) is 2.87. The number of nitrogens with one attached hydrogen (secondary N) is 2. The minimum atomic E-state index is 0.266.